The number of imidazole rings is 1. The Morgan fingerprint density at radius 3 is 2.61 bits per heavy atom. The van der Waals surface area contributed by atoms with Crippen LogP contribution in [0.15, 0.2) is 61.1 Å². The third-order valence-electron chi connectivity index (χ3n) is 5.06. The van der Waals surface area contributed by atoms with Gasteiger partial charge in [0.25, 0.3) is 5.91 Å². The summed E-state index contributed by atoms with van der Waals surface area (Å²) in [6.07, 6.45) is 8.09. The molecule has 1 aliphatic rings. The molecule has 1 amide bonds. The molecule has 0 aliphatic heterocycles. The minimum Gasteiger partial charge on any atom is -0.364 e. The number of nitrogens with zero attached hydrogens (tertiary/aromatic N) is 2. The Morgan fingerprint density at radius 2 is 1.79 bits per heavy atom. The Hall–Kier alpha value is -3.67. The van der Waals surface area contributed by atoms with Crippen LogP contribution in [0.25, 0.3) is 22.6 Å². The van der Waals surface area contributed by atoms with Crippen LogP contribution in [0.5, 0.6) is 0 Å². The van der Waals surface area contributed by atoms with Crippen LogP contribution in [0, 0.1) is 0 Å². The number of pyridine rings is 1. The van der Waals surface area contributed by atoms with Gasteiger partial charge in [0.05, 0.1) is 11.3 Å². The van der Waals surface area contributed by atoms with Crippen molar-refractivity contribution in [2.24, 2.45) is 0 Å². The summed E-state index contributed by atoms with van der Waals surface area (Å²) in [4.78, 5) is 28.7. The van der Waals surface area contributed by atoms with E-state index in [1.807, 2.05) is 42.5 Å². The minimum atomic E-state index is -0.134. The van der Waals surface area contributed by atoms with E-state index in [4.69, 9.17) is 4.98 Å². The molecule has 138 valence electrons. The van der Waals surface area contributed by atoms with Crippen molar-refractivity contribution in [3.8, 4) is 22.6 Å². The molecule has 6 heteroatoms. The van der Waals surface area contributed by atoms with E-state index in [1.165, 1.54) is 0 Å². The average molecular weight is 369 g/mol. The predicted octanol–water partition coefficient (Wildman–Crippen LogP) is 4.21. The molecule has 0 fully saturated rings. The van der Waals surface area contributed by atoms with Gasteiger partial charge in [-0.2, -0.15) is 0 Å². The van der Waals surface area contributed by atoms with Gasteiger partial charge in [-0.25, -0.2) is 4.98 Å². The lowest BCUT2D eigenvalue weighted by atomic mass is 10.1. The highest BCUT2D eigenvalue weighted by atomic mass is 16.1. The molecule has 6 nitrogen and oxygen atoms in total. The number of carbonyl (C=O) groups is 1. The van der Waals surface area contributed by atoms with Crippen LogP contribution in [0.2, 0.25) is 0 Å². The van der Waals surface area contributed by atoms with Gasteiger partial charge in [-0.3, -0.25) is 9.78 Å². The number of anilines is 1. The van der Waals surface area contributed by atoms with E-state index in [9.17, 15) is 4.79 Å². The fourth-order valence-corrected chi connectivity index (χ4v) is 3.72. The van der Waals surface area contributed by atoms with Crippen molar-refractivity contribution in [1.29, 1.82) is 0 Å². The largest absolute Gasteiger partial charge is 0.364 e. The Balaban J connectivity index is 1.57. The second-order valence-electron chi connectivity index (χ2n) is 6.88. The van der Waals surface area contributed by atoms with Gasteiger partial charge in [0, 0.05) is 46.8 Å². The molecular weight excluding hydrogens is 350 g/mol. The maximum Gasteiger partial charge on any atom is 0.257 e. The Kier molecular flexibility index (Phi) is 4.01. The van der Waals surface area contributed by atoms with Gasteiger partial charge < -0.3 is 15.3 Å². The molecule has 1 aromatic carbocycles. The number of benzene rings is 1. The summed E-state index contributed by atoms with van der Waals surface area (Å²) in [5, 5.41) is 2.98. The molecule has 0 saturated carbocycles. The quantitative estimate of drug-likeness (QED) is 0.506. The standard InChI is InChI=1S/C22H19N5O/c28-22(25-15-5-2-1-3-6-15)16-13-24-17-7-4-8-18-20(19(16)17)27-21(26-18)14-9-11-23-12-10-14/h1-3,5-6,9-13,24H,4,7-8H2,(H,25,28)(H,26,27). The normalized spacial score (nSPS) is 12.7. The van der Waals surface area contributed by atoms with Crippen molar-refractivity contribution < 1.29 is 4.79 Å². The van der Waals surface area contributed by atoms with E-state index in [0.29, 0.717) is 5.56 Å². The number of carbonyl (C=O) groups excluding carboxylic acids is 1. The zero-order valence-corrected chi connectivity index (χ0v) is 15.2. The predicted molar refractivity (Wildman–Crippen MR) is 108 cm³/mol. The maximum atomic E-state index is 13.0. The first-order valence-corrected chi connectivity index (χ1v) is 9.36. The number of hydrogen-bond acceptors (Lipinski definition) is 3. The molecule has 1 aliphatic carbocycles. The number of fused-ring (bicyclic) bond motifs is 3. The van der Waals surface area contributed by atoms with E-state index in [2.05, 4.69) is 20.3 Å². The van der Waals surface area contributed by atoms with Gasteiger partial charge in [0.2, 0.25) is 0 Å². The van der Waals surface area contributed by atoms with Crippen molar-refractivity contribution in [3.63, 3.8) is 0 Å². The lowest BCUT2D eigenvalue weighted by Gasteiger charge is -2.06. The highest BCUT2D eigenvalue weighted by Crippen LogP contribution is 2.35. The van der Waals surface area contributed by atoms with Crippen LogP contribution >= 0.6 is 0 Å². The molecule has 0 bridgehead atoms. The van der Waals surface area contributed by atoms with Crippen LogP contribution in [-0.2, 0) is 12.8 Å². The second kappa shape index (κ2) is 6.81. The average Bonchev–Trinajstić information content (AvgIpc) is 3.30. The topological polar surface area (TPSA) is 86.5 Å². The van der Waals surface area contributed by atoms with Gasteiger partial charge >= 0.3 is 0 Å². The van der Waals surface area contributed by atoms with Crippen molar-refractivity contribution >= 4 is 11.6 Å². The van der Waals surface area contributed by atoms with Crippen molar-refractivity contribution in [2.45, 2.75) is 19.3 Å². The summed E-state index contributed by atoms with van der Waals surface area (Å²) in [6.45, 7) is 0. The van der Waals surface area contributed by atoms with Gasteiger partial charge in [-0.1, -0.05) is 18.2 Å². The van der Waals surface area contributed by atoms with Crippen molar-refractivity contribution in [3.05, 3.63) is 78.0 Å². The molecular formula is C22H19N5O. The van der Waals surface area contributed by atoms with E-state index in [0.717, 1.165) is 59.0 Å². The Morgan fingerprint density at radius 1 is 1.00 bits per heavy atom. The van der Waals surface area contributed by atoms with E-state index < -0.39 is 0 Å². The van der Waals surface area contributed by atoms with Gasteiger partial charge in [0.1, 0.15) is 5.82 Å². The number of hydrogen-bond donors (Lipinski definition) is 3. The van der Waals surface area contributed by atoms with Crippen LogP contribution in [0.1, 0.15) is 28.2 Å². The molecule has 0 spiro atoms. The first kappa shape index (κ1) is 16.5. The van der Waals surface area contributed by atoms with E-state index in [-0.39, 0.29) is 5.91 Å². The first-order valence-electron chi connectivity index (χ1n) is 9.36. The van der Waals surface area contributed by atoms with Crippen molar-refractivity contribution in [1.82, 2.24) is 19.9 Å². The molecule has 0 saturated heterocycles. The lowest BCUT2D eigenvalue weighted by Crippen LogP contribution is -2.12. The number of aryl methyl sites for hydroxylation is 2. The van der Waals surface area contributed by atoms with Crippen LogP contribution < -0.4 is 5.32 Å². The molecule has 4 aromatic rings. The lowest BCUT2D eigenvalue weighted by molar-refractivity contribution is 0.102. The van der Waals surface area contributed by atoms with E-state index >= 15 is 0 Å². The summed E-state index contributed by atoms with van der Waals surface area (Å²) in [5.41, 5.74) is 6.26. The van der Waals surface area contributed by atoms with Gasteiger partial charge in [0.15, 0.2) is 0 Å². The molecule has 28 heavy (non-hydrogen) atoms. The van der Waals surface area contributed by atoms with E-state index in [1.54, 1.807) is 18.6 Å². The number of amides is 1. The molecule has 3 heterocycles. The summed E-state index contributed by atoms with van der Waals surface area (Å²) in [7, 11) is 0. The zero-order chi connectivity index (χ0) is 18.9. The van der Waals surface area contributed by atoms with Gasteiger partial charge in [-0.05, 0) is 43.5 Å². The summed E-state index contributed by atoms with van der Waals surface area (Å²) >= 11 is 0. The fraction of sp³-hybridized carbons (Fsp3) is 0.136. The summed E-state index contributed by atoms with van der Waals surface area (Å²) in [5.74, 6) is 0.667. The Labute approximate surface area is 162 Å². The number of para-hydroxylation sites is 1. The maximum absolute atomic E-state index is 13.0. The highest BCUT2D eigenvalue weighted by molar-refractivity contribution is 6.09. The summed E-state index contributed by atoms with van der Waals surface area (Å²) < 4.78 is 0. The molecule has 3 aromatic heterocycles. The third kappa shape index (κ3) is 2.89. The van der Waals surface area contributed by atoms with Crippen LogP contribution in [-0.4, -0.2) is 25.8 Å². The minimum absolute atomic E-state index is 0.134. The van der Waals surface area contributed by atoms with Crippen molar-refractivity contribution in [2.75, 3.05) is 5.32 Å². The monoisotopic (exact) mass is 369 g/mol. The van der Waals surface area contributed by atoms with Crippen LogP contribution in [0.3, 0.4) is 0 Å². The fourth-order valence-electron chi connectivity index (χ4n) is 3.72. The molecule has 0 atom stereocenters. The highest BCUT2D eigenvalue weighted by Gasteiger charge is 2.26. The van der Waals surface area contributed by atoms with Crippen LogP contribution in [0.4, 0.5) is 5.69 Å². The Bertz CT molecular complexity index is 1130. The summed E-state index contributed by atoms with van der Waals surface area (Å²) in [6, 6.07) is 13.3. The molecule has 0 unspecified atom stereocenters. The smallest absolute Gasteiger partial charge is 0.257 e. The zero-order valence-electron chi connectivity index (χ0n) is 15.2. The number of aromatic nitrogens is 4. The number of nitrogens with one attached hydrogen (secondary N) is 3. The number of H-pyrrole nitrogens is 2. The second-order valence-corrected chi connectivity index (χ2v) is 6.88. The molecule has 0 radical (unpaired) electrons. The third-order valence-corrected chi connectivity index (χ3v) is 5.06. The number of rotatable bonds is 3. The number of aromatic amines is 2. The van der Waals surface area contributed by atoms with Gasteiger partial charge in [-0.15, -0.1) is 0 Å². The SMILES string of the molecule is O=C(Nc1ccccc1)c1c[nH]c2c1-c1nc(-c3ccncc3)[nH]c1CCC2. The molecule has 3 N–H and O–H groups in total. The molecule has 5 rings (SSSR count). The first-order chi connectivity index (χ1) is 13.8.